The molecule has 0 aliphatic heterocycles. The van der Waals surface area contributed by atoms with Gasteiger partial charge in [-0.15, -0.1) is 6.42 Å². The summed E-state index contributed by atoms with van der Waals surface area (Å²) in [6.07, 6.45) is 12.6. The summed E-state index contributed by atoms with van der Waals surface area (Å²) in [4.78, 5) is 22.5. The van der Waals surface area contributed by atoms with Crippen LogP contribution in [0.5, 0.6) is 0 Å². The zero-order valence-electron chi connectivity index (χ0n) is 10.7. The summed E-state index contributed by atoms with van der Waals surface area (Å²) < 4.78 is 4.87. The number of carbonyl (C=O) groups is 2. The van der Waals surface area contributed by atoms with Crippen LogP contribution in [0, 0.1) is 18.3 Å². The number of hydrogen-bond donors (Lipinski definition) is 1. The highest BCUT2D eigenvalue weighted by atomic mass is 16.5. The van der Waals surface area contributed by atoms with Crippen molar-refractivity contribution in [3.05, 3.63) is 0 Å². The molecule has 0 aromatic heterocycles. The van der Waals surface area contributed by atoms with Crippen LogP contribution in [0.4, 0.5) is 0 Å². The fourth-order valence-corrected chi connectivity index (χ4v) is 2.22. The number of carbonyl (C=O) groups excluding carboxylic acids is 2. The van der Waals surface area contributed by atoms with Crippen LogP contribution in [0.3, 0.4) is 0 Å². The highest BCUT2D eigenvalue weighted by Crippen LogP contribution is 2.27. The quantitative estimate of drug-likeness (QED) is 0.576. The lowest BCUT2D eigenvalue weighted by molar-refractivity contribution is -0.148. The number of hydrogen-bond acceptors (Lipinski definition) is 3. The van der Waals surface area contributed by atoms with Gasteiger partial charge in [0.15, 0.2) is 6.61 Å². The Kier molecular flexibility index (Phi) is 6.93. The third kappa shape index (κ3) is 6.29. The fourth-order valence-electron chi connectivity index (χ4n) is 2.22. The van der Waals surface area contributed by atoms with E-state index in [1.165, 1.54) is 32.1 Å². The molecule has 1 N–H and O–H groups in total. The number of amides is 1. The molecule has 0 spiro atoms. The molecule has 0 saturated heterocycles. The monoisotopic (exact) mass is 251 g/mol. The molecule has 4 heteroatoms. The van der Waals surface area contributed by atoms with E-state index in [1.54, 1.807) is 0 Å². The van der Waals surface area contributed by atoms with Crippen LogP contribution in [0.1, 0.15) is 44.9 Å². The van der Waals surface area contributed by atoms with Gasteiger partial charge in [-0.2, -0.15) is 0 Å². The molecule has 0 bridgehead atoms. The summed E-state index contributed by atoms with van der Waals surface area (Å²) in [6.45, 7) is -0.0658. The molecule has 1 aliphatic carbocycles. The second kappa shape index (κ2) is 8.57. The SMILES string of the molecule is C#CCNC(=O)COC(=O)CCC1CCCCC1. The summed E-state index contributed by atoms with van der Waals surface area (Å²) in [5.74, 6) is 2.29. The van der Waals surface area contributed by atoms with E-state index >= 15 is 0 Å². The van der Waals surface area contributed by atoms with Crippen molar-refractivity contribution >= 4 is 11.9 Å². The van der Waals surface area contributed by atoms with E-state index in [0.29, 0.717) is 12.3 Å². The average molecular weight is 251 g/mol. The number of esters is 1. The molecule has 1 fully saturated rings. The van der Waals surface area contributed by atoms with Crippen molar-refractivity contribution in [2.75, 3.05) is 13.2 Å². The number of ether oxygens (including phenoxy) is 1. The predicted octanol–water partition coefficient (Wildman–Crippen LogP) is 1.64. The normalized spacial score (nSPS) is 15.7. The van der Waals surface area contributed by atoms with Gasteiger partial charge in [-0.3, -0.25) is 9.59 Å². The van der Waals surface area contributed by atoms with Gasteiger partial charge in [-0.25, -0.2) is 0 Å². The Morgan fingerprint density at radius 1 is 1.28 bits per heavy atom. The maximum atomic E-state index is 11.4. The largest absolute Gasteiger partial charge is 0.456 e. The van der Waals surface area contributed by atoms with Gasteiger partial charge in [0.2, 0.25) is 0 Å². The number of nitrogens with one attached hydrogen (secondary N) is 1. The molecule has 0 heterocycles. The van der Waals surface area contributed by atoms with E-state index in [1.807, 2.05) is 0 Å². The molecule has 4 nitrogen and oxygen atoms in total. The first-order valence-corrected chi connectivity index (χ1v) is 6.58. The van der Waals surface area contributed by atoms with Crippen LogP contribution in [-0.2, 0) is 14.3 Å². The predicted molar refractivity (Wildman–Crippen MR) is 68.6 cm³/mol. The van der Waals surface area contributed by atoms with E-state index in [0.717, 1.165) is 6.42 Å². The van der Waals surface area contributed by atoms with Gasteiger partial charge >= 0.3 is 5.97 Å². The minimum absolute atomic E-state index is 0.165. The van der Waals surface area contributed by atoms with Crippen LogP contribution in [0.2, 0.25) is 0 Å². The van der Waals surface area contributed by atoms with Gasteiger partial charge in [0.05, 0.1) is 6.54 Å². The minimum Gasteiger partial charge on any atom is -0.456 e. The lowest BCUT2D eigenvalue weighted by Gasteiger charge is -2.20. The molecule has 18 heavy (non-hydrogen) atoms. The molecular weight excluding hydrogens is 230 g/mol. The Hall–Kier alpha value is -1.50. The molecule has 1 amide bonds. The fraction of sp³-hybridized carbons (Fsp3) is 0.714. The summed E-state index contributed by atoms with van der Waals surface area (Å²) in [5.41, 5.74) is 0. The maximum absolute atomic E-state index is 11.4. The Morgan fingerprint density at radius 2 is 2.00 bits per heavy atom. The Balaban J connectivity index is 2.06. The second-order valence-corrected chi connectivity index (χ2v) is 4.68. The average Bonchev–Trinajstić information content (AvgIpc) is 2.41. The van der Waals surface area contributed by atoms with Gasteiger partial charge in [0.1, 0.15) is 0 Å². The molecule has 0 aromatic rings. The zero-order valence-corrected chi connectivity index (χ0v) is 10.7. The Bertz CT molecular complexity index is 313. The van der Waals surface area contributed by atoms with Crippen LogP contribution in [0.15, 0.2) is 0 Å². The van der Waals surface area contributed by atoms with Crippen molar-refractivity contribution in [1.29, 1.82) is 0 Å². The van der Waals surface area contributed by atoms with Crippen molar-refractivity contribution in [3.63, 3.8) is 0 Å². The molecule has 0 aromatic carbocycles. The molecule has 0 unspecified atom stereocenters. The van der Waals surface area contributed by atoms with Gasteiger partial charge in [0.25, 0.3) is 5.91 Å². The van der Waals surface area contributed by atoms with E-state index < -0.39 is 0 Å². The lowest BCUT2D eigenvalue weighted by atomic mass is 9.86. The summed E-state index contributed by atoms with van der Waals surface area (Å²) >= 11 is 0. The van der Waals surface area contributed by atoms with Gasteiger partial charge in [-0.05, 0) is 12.3 Å². The van der Waals surface area contributed by atoms with E-state index in [4.69, 9.17) is 11.2 Å². The van der Waals surface area contributed by atoms with Gasteiger partial charge < -0.3 is 10.1 Å². The molecule has 1 aliphatic rings. The van der Waals surface area contributed by atoms with Gasteiger partial charge in [-0.1, -0.05) is 38.0 Å². The van der Waals surface area contributed by atoms with E-state index in [9.17, 15) is 9.59 Å². The first-order chi connectivity index (χ1) is 8.72. The third-order valence-corrected chi connectivity index (χ3v) is 3.23. The van der Waals surface area contributed by atoms with E-state index in [2.05, 4.69) is 11.2 Å². The molecule has 1 rings (SSSR count). The molecule has 1 saturated carbocycles. The molecule has 0 atom stereocenters. The molecule has 0 radical (unpaired) electrons. The lowest BCUT2D eigenvalue weighted by Crippen LogP contribution is -2.29. The molecular formula is C14H21NO3. The Morgan fingerprint density at radius 3 is 2.67 bits per heavy atom. The van der Waals surface area contributed by atoms with Crippen molar-refractivity contribution in [2.45, 2.75) is 44.9 Å². The standard InChI is InChI=1S/C14H21NO3/c1-2-10-15-13(16)11-18-14(17)9-8-12-6-4-3-5-7-12/h1,12H,3-11H2,(H,15,16). The summed E-state index contributed by atoms with van der Waals surface area (Å²) in [6, 6.07) is 0. The first kappa shape index (κ1) is 14.6. The Labute approximate surface area is 108 Å². The zero-order chi connectivity index (χ0) is 13.2. The maximum Gasteiger partial charge on any atom is 0.306 e. The van der Waals surface area contributed by atoms with Crippen molar-refractivity contribution < 1.29 is 14.3 Å². The van der Waals surface area contributed by atoms with Crippen LogP contribution < -0.4 is 5.32 Å². The highest BCUT2D eigenvalue weighted by Gasteiger charge is 2.15. The van der Waals surface area contributed by atoms with Crippen molar-refractivity contribution in [2.24, 2.45) is 5.92 Å². The van der Waals surface area contributed by atoms with E-state index in [-0.39, 0.29) is 25.0 Å². The summed E-state index contributed by atoms with van der Waals surface area (Å²) in [5, 5.41) is 2.44. The number of terminal acetylenes is 1. The van der Waals surface area contributed by atoms with Crippen molar-refractivity contribution in [1.82, 2.24) is 5.32 Å². The second-order valence-electron chi connectivity index (χ2n) is 4.68. The number of rotatable bonds is 6. The van der Waals surface area contributed by atoms with Crippen LogP contribution in [0.25, 0.3) is 0 Å². The molecule has 100 valence electrons. The summed E-state index contributed by atoms with van der Waals surface area (Å²) in [7, 11) is 0. The smallest absolute Gasteiger partial charge is 0.306 e. The minimum atomic E-state index is -0.348. The highest BCUT2D eigenvalue weighted by molar-refractivity contribution is 5.80. The topological polar surface area (TPSA) is 55.4 Å². The first-order valence-electron chi connectivity index (χ1n) is 6.58. The third-order valence-electron chi connectivity index (χ3n) is 3.23. The van der Waals surface area contributed by atoms with Crippen LogP contribution >= 0.6 is 0 Å². The van der Waals surface area contributed by atoms with Crippen LogP contribution in [-0.4, -0.2) is 25.0 Å². The van der Waals surface area contributed by atoms with Gasteiger partial charge in [0, 0.05) is 6.42 Å². The van der Waals surface area contributed by atoms with Crippen molar-refractivity contribution in [3.8, 4) is 12.3 Å².